The van der Waals surface area contributed by atoms with Crippen LogP contribution in [0, 0.1) is 0 Å². The van der Waals surface area contributed by atoms with Crippen molar-refractivity contribution in [2.24, 2.45) is 0 Å². The van der Waals surface area contributed by atoms with E-state index in [1.807, 2.05) is 6.07 Å². The number of carbonyl (C=O) groups is 2. The molecule has 0 bridgehead atoms. The second-order valence-electron chi connectivity index (χ2n) is 5.15. The van der Waals surface area contributed by atoms with Crippen LogP contribution in [0.15, 0.2) is 78.9 Å². The summed E-state index contributed by atoms with van der Waals surface area (Å²) >= 11 is 0. The highest BCUT2D eigenvalue weighted by Gasteiger charge is 2.13. The van der Waals surface area contributed by atoms with Crippen molar-refractivity contribution >= 4 is 11.6 Å². The van der Waals surface area contributed by atoms with Crippen molar-refractivity contribution in [2.75, 3.05) is 0 Å². The van der Waals surface area contributed by atoms with Crippen molar-refractivity contribution in [3.63, 3.8) is 0 Å². The lowest BCUT2D eigenvalue weighted by molar-refractivity contribution is 0.103. The highest BCUT2D eigenvalue weighted by molar-refractivity contribution is 6.13. The lowest BCUT2D eigenvalue weighted by Crippen LogP contribution is -2.05. The average Bonchev–Trinajstić information content (AvgIpc) is 2.62. The van der Waals surface area contributed by atoms with Gasteiger partial charge in [0.1, 0.15) is 5.75 Å². The fraction of sp³-hybridized carbons (Fsp3) is 0. The van der Waals surface area contributed by atoms with Gasteiger partial charge >= 0.3 is 0 Å². The van der Waals surface area contributed by atoms with Crippen LogP contribution in [0.1, 0.15) is 31.8 Å². The number of carbonyl (C=O) groups excluding carboxylic acids is 2. The number of aromatic hydroxyl groups is 1. The maximum absolute atomic E-state index is 12.5. The molecule has 0 radical (unpaired) electrons. The Balaban J connectivity index is 1.92. The molecule has 0 saturated heterocycles. The molecule has 3 nitrogen and oxygen atoms in total. The van der Waals surface area contributed by atoms with Crippen LogP contribution in [-0.4, -0.2) is 16.7 Å². The topological polar surface area (TPSA) is 54.4 Å². The van der Waals surface area contributed by atoms with E-state index in [1.54, 1.807) is 60.7 Å². The van der Waals surface area contributed by atoms with Crippen molar-refractivity contribution in [1.82, 2.24) is 0 Å². The van der Waals surface area contributed by atoms with Gasteiger partial charge in [0.25, 0.3) is 0 Å². The third-order valence-electron chi connectivity index (χ3n) is 3.55. The number of benzene rings is 3. The molecule has 0 atom stereocenters. The van der Waals surface area contributed by atoms with E-state index in [2.05, 4.69) is 0 Å². The zero-order chi connectivity index (χ0) is 16.2. The molecule has 0 aliphatic heterocycles. The van der Waals surface area contributed by atoms with Crippen LogP contribution in [0.4, 0.5) is 0 Å². The van der Waals surface area contributed by atoms with Gasteiger partial charge in [-0.15, -0.1) is 0 Å². The molecular weight excluding hydrogens is 288 g/mol. The summed E-state index contributed by atoms with van der Waals surface area (Å²) in [4.78, 5) is 24.9. The van der Waals surface area contributed by atoms with Gasteiger partial charge in [0.2, 0.25) is 0 Å². The first-order valence-corrected chi connectivity index (χ1v) is 7.19. The summed E-state index contributed by atoms with van der Waals surface area (Å²) < 4.78 is 0. The van der Waals surface area contributed by atoms with Crippen molar-refractivity contribution in [3.8, 4) is 5.75 Å². The number of rotatable bonds is 4. The summed E-state index contributed by atoms with van der Waals surface area (Å²) in [5.41, 5.74) is 1.96. The van der Waals surface area contributed by atoms with Gasteiger partial charge in [0, 0.05) is 22.3 Å². The van der Waals surface area contributed by atoms with E-state index in [1.165, 1.54) is 12.1 Å². The van der Waals surface area contributed by atoms with Gasteiger partial charge < -0.3 is 5.11 Å². The normalized spacial score (nSPS) is 10.3. The Morgan fingerprint density at radius 1 is 0.565 bits per heavy atom. The Morgan fingerprint density at radius 2 is 1.04 bits per heavy atom. The molecule has 0 unspecified atom stereocenters. The van der Waals surface area contributed by atoms with Gasteiger partial charge in [-0.1, -0.05) is 48.5 Å². The van der Waals surface area contributed by atoms with E-state index in [-0.39, 0.29) is 17.3 Å². The van der Waals surface area contributed by atoms with E-state index in [0.29, 0.717) is 22.3 Å². The first-order chi connectivity index (χ1) is 11.1. The smallest absolute Gasteiger partial charge is 0.193 e. The van der Waals surface area contributed by atoms with Crippen molar-refractivity contribution in [1.29, 1.82) is 0 Å². The molecule has 23 heavy (non-hydrogen) atoms. The molecule has 0 aliphatic carbocycles. The van der Waals surface area contributed by atoms with Crippen LogP contribution in [0.25, 0.3) is 0 Å². The van der Waals surface area contributed by atoms with Gasteiger partial charge in [-0.3, -0.25) is 9.59 Å². The molecule has 3 rings (SSSR count). The van der Waals surface area contributed by atoms with Gasteiger partial charge in [-0.25, -0.2) is 0 Å². The van der Waals surface area contributed by atoms with Gasteiger partial charge in [0.05, 0.1) is 0 Å². The number of hydrogen-bond acceptors (Lipinski definition) is 3. The summed E-state index contributed by atoms with van der Waals surface area (Å²) in [6.07, 6.45) is 0. The molecule has 3 heteroatoms. The van der Waals surface area contributed by atoms with Crippen LogP contribution >= 0.6 is 0 Å². The zero-order valence-corrected chi connectivity index (χ0v) is 12.3. The van der Waals surface area contributed by atoms with Gasteiger partial charge in [0.15, 0.2) is 11.6 Å². The number of phenols is 1. The zero-order valence-electron chi connectivity index (χ0n) is 12.3. The van der Waals surface area contributed by atoms with Crippen LogP contribution in [0.3, 0.4) is 0 Å². The predicted molar refractivity (Wildman–Crippen MR) is 87.9 cm³/mol. The number of hydrogen-bond donors (Lipinski definition) is 1. The van der Waals surface area contributed by atoms with Crippen LogP contribution in [0.5, 0.6) is 5.75 Å². The number of phenolic OH excluding ortho intramolecular Hbond substituents is 1. The van der Waals surface area contributed by atoms with Crippen molar-refractivity contribution in [2.45, 2.75) is 0 Å². The standard InChI is InChI=1S/C20H14O3/c21-18-11-9-15(10-12-18)20(23)17-8-4-7-16(13-17)19(22)14-5-2-1-3-6-14/h1-13,21H. The third kappa shape index (κ3) is 3.19. The maximum atomic E-state index is 12.5. The second-order valence-corrected chi connectivity index (χ2v) is 5.15. The molecular formula is C20H14O3. The summed E-state index contributed by atoms with van der Waals surface area (Å²) in [7, 11) is 0. The molecule has 0 heterocycles. The van der Waals surface area contributed by atoms with Crippen LogP contribution in [0.2, 0.25) is 0 Å². The van der Waals surface area contributed by atoms with E-state index < -0.39 is 0 Å². The molecule has 0 aromatic heterocycles. The Kier molecular flexibility index (Phi) is 4.02. The molecule has 1 N–H and O–H groups in total. The molecule has 0 saturated carbocycles. The van der Waals surface area contributed by atoms with Crippen LogP contribution in [-0.2, 0) is 0 Å². The minimum absolute atomic E-state index is 0.106. The quantitative estimate of drug-likeness (QED) is 0.745. The molecule has 3 aromatic carbocycles. The van der Waals surface area contributed by atoms with Gasteiger partial charge in [-0.2, -0.15) is 0 Å². The lowest BCUT2D eigenvalue weighted by atomic mass is 9.97. The predicted octanol–water partition coefficient (Wildman–Crippen LogP) is 3.85. The van der Waals surface area contributed by atoms with E-state index in [4.69, 9.17) is 0 Å². The van der Waals surface area contributed by atoms with E-state index in [9.17, 15) is 14.7 Å². The van der Waals surface area contributed by atoms with Crippen LogP contribution < -0.4 is 0 Å². The minimum Gasteiger partial charge on any atom is -0.508 e. The monoisotopic (exact) mass is 302 g/mol. The highest BCUT2D eigenvalue weighted by Crippen LogP contribution is 2.17. The van der Waals surface area contributed by atoms with E-state index >= 15 is 0 Å². The second kappa shape index (κ2) is 6.28. The SMILES string of the molecule is O=C(c1ccccc1)c1cccc(C(=O)c2ccc(O)cc2)c1. The Hall–Kier alpha value is -3.20. The lowest BCUT2D eigenvalue weighted by Gasteiger charge is -2.05. The number of ketones is 2. The fourth-order valence-electron chi connectivity index (χ4n) is 2.34. The van der Waals surface area contributed by atoms with Crippen molar-refractivity contribution < 1.29 is 14.7 Å². The molecule has 0 fully saturated rings. The Labute approximate surface area is 133 Å². The third-order valence-corrected chi connectivity index (χ3v) is 3.55. The molecule has 112 valence electrons. The summed E-state index contributed by atoms with van der Waals surface area (Å²) in [6, 6.07) is 21.7. The first-order valence-electron chi connectivity index (χ1n) is 7.19. The molecule has 0 amide bonds. The van der Waals surface area contributed by atoms with E-state index in [0.717, 1.165) is 0 Å². The summed E-state index contributed by atoms with van der Waals surface area (Å²) in [5.74, 6) is -0.201. The fourth-order valence-corrected chi connectivity index (χ4v) is 2.34. The first kappa shape index (κ1) is 14.7. The largest absolute Gasteiger partial charge is 0.508 e. The Morgan fingerprint density at radius 3 is 1.61 bits per heavy atom. The molecule has 3 aromatic rings. The summed E-state index contributed by atoms with van der Waals surface area (Å²) in [5, 5.41) is 9.30. The summed E-state index contributed by atoms with van der Waals surface area (Å²) in [6.45, 7) is 0. The molecule has 0 aliphatic rings. The average molecular weight is 302 g/mol. The maximum Gasteiger partial charge on any atom is 0.193 e. The van der Waals surface area contributed by atoms with Gasteiger partial charge in [-0.05, 0) is 30.3 Å². The minimum atomic E-state index is -0.187. The Bertz CT molecular complexity index is 850. The highest BCUT2D eigenvalue weighted by atomic mass is 16.3. The molecule has 0 spiro atoms. The van der Waals surface area contributed by atoms with Crippen molar-refractivity contribution in [3.05, 3.63) is 101 Å².